The molecule has 3 aromatic rings. The molecule has 2 aromatic carbocycles. The minimum absolute atomic E-state index is 0.0739. The highest BCUT2D eigenvalue weighted by Crippen LogP contribution is 2.21. The molecule has 0 spiro atoms. The van der Waals surface area contributed by atoms with E-state index in [1.165, 1.54) is 12.1 Å². The maximum atomic E-state index is 13.8. The first-order chi connectivity index (χ1) is 11.1. The molecule has 0 aliphatic rings. The summed E-state index contributed by atoms with van der Waals surface area (Å²) in [4.78, 5) is 18.9. The van der Waals surface area contributed by atoms with Gasteiger partial charge < -0.3 is 4.98 Å². The Balaban J connectivity index is 2.19. The van der Waals surface area contributed by atoms with Gasteiger partial charge in [-0.2, -0.15) is 5.26 Å². The lowest BCUT2D eigenvalue weighted by Crippen LogP contribution is -2.11. The predicted molar refractivity (Wildman–Crippen MR) is 89.9 cm³/mol. The van der Waals surface area contributed by atoms with Crippen molar-refractivity contribution in [3.05, 3.63) is 74.5 Å². The molecule has 1 aromatic heterocycles. The van der Waals surface area contributed by atoms with E-state index in [0.29, 0.717) is 15.4 Å². The van der Waals surface area contributed by atoms with Gasteiger partial charge in [0.05, 0.1) is 16.5 Å². The van der Waals surface area contributed by atoms with Crippen LogP contribution < -0.4 is 5.56 Å². The van der Waals surface area contributed by atoms with Crippen LogP contribution in [0.3, 0.4) is 0 Å². The van der Waals surface area contributed by atoms with Gasteiger partial charge in [-0.25, -0.2) is 9.37 Å². The zero-order valence-corrected chi connectivity index (χ0v) is 13.3. The third kappa shape index (κ3) is 3.05. The van der Waals surface area contributed by atoms with Crippen molar-refractivity contribution in [2.24, 2.45) is 0 Å². The lowest BCUT2D eigenvalue weighted by Gasteiger charge is -2.03. The molecule has 6 heteroatoms. The number of aromatic nitrogens is 2. The van der Waals surface area contributed by atoms with Crippen LogP contribution in [0, 0.1) is 17.1 Å². The zero-order chi connectivity index (χ0) is 16.4. The summed E-state index contributed by atoms with van der Waals surface area (Å²) in [6, 6.07) is 13.2. The Morgan fingerprint density at radius 3 is 2.87 bits per heavy atom. The van der Waals surface area contributed by atoms with Crippen molar-refractivity contribution < 1.29 is 4.39 Å². The lowest BCUT2D eigenvalue weighted by molar-refractivity contribution is 0.625. The molecule has 0 radical (unpaired) electrons. The van der Waals surface area contributed by atoms with Crippen LogP contribution in [0.15, 0.2) is 51.7 Å². The third-order valence-corrected chi connectivity index (χ3v) is 3.74. The van der Waals surface area contributed by atoms with Gasteiger partial charge in [0.2, 0.25) is 0 Å². The number of benzene rings is 2. The van der Waals surface area contributed by atoms with Crippen LogP contribution in [-0.2, 0) is 0 Å². The maximum Gasteiger partial charge on any atom is 0.259 e. The second-order valence-electron chi connectivity index (χ2n) is 4.77. The average Bonchev–Trinajstić information content (AvgIpc) is 2.55. The number of para-hydroxylation sites is 1. The summed E-state index contributed by atoms with van der Waals surface area (Å²) in [6.07, 6.45) is 1.35. The highest BCUT2D eigenvalue weighted by molar-refractivity contribution is 9.10. The number of nitrogens with one attached hydrogen (secondary N) is 1. The monoisotopic (exact) mass is 369 g/mol. The number of rotatable bonds is 2. The largest absolute Gasteiger partial charge is 0.305 e. The van der Waals surface area contributed by atoms with Gasteiger partial charge in [-0.1, -0.05) is 28.1 Å². The van der Waals surface area contributed by atoms with Gasteiger partial charge in [0.1, 0.15) is 11.9 Å². The van der Waals surface area contributed by atoms with E-state index in [9.17, 15) is 14.4 Å². The molecule has 0 unspecified atom stereocenters. The van der Waals surface area contributed by atoms with Crippen LogP contribution in [0.2, 0.25) is 0 Å². The molecule has 0 aliphatic carbocycles. The van der Waals surface area contributed by atoms with Crippen molar-refractivity contribution in [3.63, 3.8) is 0 Å². The van der Waals surface area contributed by atoms with Crippen molar-refractivity contribution in [1.29, 1.82) is 5.26 Å². The molecule has 0 saturated heterocycles. The molecule has 0 aliphatic heterocycles. The fourth-order valence-corrected chi connectivity index (χ4v) is 2.53. The van der Waals surface area contributed by atoms with E-state index >= 15 is 0 Å². The Morgan fingerprint density at radius 1 is 1.30 bits per heavy atom. The van der Waals surface area contributed by atoms with E-state index in [1.807, 2.05) is 6.07 Å². The van der Waals surface area contributed by atoms with Gasteiger partial charge in [0.25, 0.3) is 5.56 Å². The molecule has 0 amide bonds. The number of nitriles is 1. The summed E-state index contributed by atoms with van der Waals surface area (Å²) >= 11 is 3.26. The van der Waals surface area contributed by atoms with Crippen molar-refractivity contribution in [2.75, 3.05) is 0 Å². The van der Waals surface area contributed by atoms with Gasteiger partial charge in [-0.15, -0.1) is 0 Å². The predicted octanol–water partition coefficient (Wildman–Crippen LogP) is 3.89. The van der Waals surface area contributed by atoms with Gasteiger partial charge in [-0.05, 0) is 36.4 Å². The topological polar surface area (TPSA) is 69.5 Å². The van der Waals surface area contributed by atoms with Crippen molar-refractivity contribution in [1.82, 2.24) is 9.97 Å². The summed E-state index contributed by atoms with van der Waals surface area (Å²) in [5.74, 6) is -0.361. The molecule has 1 heterocycles. The molecule has 3 rings (SSSR count). The number of hydrogen-bond donors (Lipinski definition) is 1. The van der Waals surface area contributed by atoms with Crippen LogP contribution in [0.25, 0.3) is 22.6 Å². The first-order valence-corrected chi connectivity index (χ1v) is 7.44. The molecule has 0 saturated carbocycles. The van der Waals surface area contributed by atoms with E-state index in [1.54, 1.807) is 36.4 Å². The standard InChI is InChI=1S/C17H9BrFN3O/c18-12-5-6-14(19)10(8-12)7-11(9-20)16-21-15-4-2-1-3-13(15)17(23)22-16/h1-8H,(H,21,22,23). The average molecular weight is 370 g/mol. The van der Waals surface area contributed by atoms with Crippen LogP contribution in [0.5, 0.6) is 0 Å². The molecule has 0 fully saturated rings. The number of allylic oxidation sites excluding steroid dienone is 1. The number of H-pyrrole nitrogens is 1. The second kappa shape index (κ2) is 6.15. The lowest BCUT2D eigenvalue weighted by atomic mass is 10.1. The Labute approximate surface area is 139 Å². The van der Waals surface area contributed by atoms with Gasteiger partial charge in [-0.3, -0.25) is 4.79 Å². The fourth-order valence-electron chi connectivity index (χ4n) is 2.15. The fraction of sp³-hybridized carbons (Fsp3) is 0. The summed E-state index contributed by atoms with van der Waals surface area (Å²) in [7, 11) is 0. The smallest absolute Gasteiger partial charge is 0.259 e. The van der Waals surface area contributed by atoms with Gasteiger partial charge in [0, 0.05) is 10.0 Å². The van der Waals surface area contributed by atoms with Crippen LogP contribution in [0.1, 0.15) is 11.4 Å². The van der Waals surface area contributed by atoms with E-state index in [0.717, 1.165) is 0 Å². The van der Waals surface area contributed by atoms with Crippen LogP contribution in [-0.4, -0.2) is 9.97 Å². The summed E-state index contributed by atoms with van der Waals surface area (Å²) < 4.78 is 14.5. The van der Waals surface area contributed by atoms with Crippen molar-refractivity contribution in [3.8, 4) is 6.07 Å². The Morgan fingerprint density at radius 2 is 2.09 bits per heavy atom. The normalized spacial score (nSPS) is 11.4. The van der Waals surface area contributed by atoms with E-state index in [2.05, 4.69) is 25.9 Å². The maximum absolute atomic E-state index is 13.8. The van der Waals surface area contributed by atoms with Gasteiger partial charge >= 0.3 is 0 Å². The number of halogens is 2. The highest BCUT2D eigenvalue weighted by Gasteiger charge is 2.09. The number of fused-ring (bicyclic) bond motifs is 1. The van der Waals surface area contributed by atoms with E-state index < -0.39 is 5.82 Å². The summed E-state index contributed by atoms with van der Waals surface area (Å²) in [5, 5.41) is 9.78. The number of aromatic amines is 1. The second-order valence-corrected chi connectivity index (χ2v) is 5.68. The Bertz CT molecular complexity index is 1030. The molecule has 4 nitrogen and oxygen atoms in total. The first-order valence-electron chi connectivity index (χ1n) is 6.65. The third-order valence-electron chi connectivity index (χ3n) is 3.25. The van der Waals surface area contributed by atoms with Crippen molar-refractivity contribution in [2.45, 2.75) is 0 Å². The van der Waals surface area contributed by atoms with E-state index in [-0.39, 0.29) is 22.5 Å². The molecule has 0 atom stereocenters. The molecular formula is C17H9BrFN3O. The molecule has 112 valence electrons. The quantitative estimate of drug-likeness (QED) is 0.696. The molecule has 1 N–H and O–H groups in total. The van der Waals surface area contributed by atoms with Gasteiger partial charge in [0.15, 0.2) is 5.82 Å². The number of nitrogens with zero attached hydrogens (tertiary/aromatic N) is 2. The summed E-state index contributed by atoms with van der Waals surface area (Å²) in [6.45, 7) is 0. The zero-order valence-electron chi connectivity index (χ0n) is 11.7. The highest BCUT2D eigenvalue weighted by atomic mass is 79.9. The van der Waals surface area contributed by atoms with Crippen LogP contribution in [0.4, 0.5) is 4.39 Å². The minimum Gasteiger partial charge on any atom is -0.305 e. The van der Waals surface area contributed by atoms with Crippen molar-refractivity contribution >= 4 is 38.5 Å². The molecular weight excluding hydrogens is 361 g/mol. The number of hydrogen-bond acceptors (Lipinski definition) is 3. The molecule has 0 bridgehead atoms. The summed E-state index contributed by atoms with van der Waals surface area (Å²) in [5.41, 5.74) is 0.431. The Hall–Kier alpha value is -2.78. The minimum atomic E-state index is -0.468. The van der Waals surface area contributed by atoms with Crippen LogP contribution >= 0.6 is 15.9 Å². The van der Waals surface area contributed by atoms with E-state index in [4.69, 9.17) is 0 Å². The Kier molecular flexibility index (Phi) is 4.04. The molecule has 23 heavy (non-hydrogen) atoms. The SMILES string of the molecule is N#CC(=Cc1cc(Br)ccc1F)c1nc2ccccc2c(=O)[nH]1. The first kappa shape index (κ1) is 15.1.